The van der Waals surface area contributed by atoms with E-state index in [0.717, 1.165) is 25.1 Å². The van der Waals surface area contributed by atoms with E-state index in [1.165, 1.54) is 5.56 Å². The van der Waals surface area contributed by atoms with Gasteiger partial charge in [0.2, 0.25) is 5.91 Å². The Kier molecular flexibility index (Phi) is 2.96. The zero-order chi connectivity index (χ0) is 12.5. The number of hydrogen-bond acceptors (Lipinski definition) is 3. The van der Waals surface area contributed by atoms with Crippen LogP contribution in [0, 0.1) is 0 Å². The summed E-state index contributed by atoms with van der Waals surface area (Å²) in [5, 5.41) is 3.31. The van der Waals surface area contributed by atoms with Crippen molar-refractivity contribution in [3.63, 3.8) is 0 Å². The van der Waals surface area contributed by atoms with Crippen molar-refractivity contribution in [3.05, 3.63) is 29.8 Å². The van der Waals surface area contributed by atoms with E-state index in [0.29, 0.717) is 6.61 Å². The molecule has 1 saturated heterocycles. The Morgan fingerprint density at radius 2 is 2.28 bits per heavy atom. The van der Waals surface area contributed by atoms with Gasteiger partial charge in [0, 0.05) is 25.8 Å². The molecule has 1 aromatic rings. The molecule has 4 nitrogen and oxygen atoms in total. The van der Waals surface area contributed by atoms with Crippen LogP contribution in [0.15, 0.2) is 24.3 Å². The first-order valence-electron chi connectivity index (χ1n) is 6.44. The fourth-order valence-corrected chi connectivity index (χ4v) is 2.70. The first-order chi connectivity index (χ1) is 8.75. The number of rotatable bonds is 2. The SMILES string of the molecule is CN(C(=O)C1Cc2ccccc2N1)C1CCOC1. The fraction of sp³-hybridized carbons (Fsp3) is 0.500. The third-order valence-corrected chi connectivity index (χ3v) is 3.87. The summed E-state index contributed by atoms with van der Waals surface area (Å²) in [4.78, 5) is 14.3. The highest BCUT2D eigenvalue weighted by Gasteiger charge is 2.32. The van der Waals surface area contributed by atoms with Gasteiger partial charge >= 0.3 is 0 Å². The lowest BCUT2D eigenvalue weighted by Crippen LogP contribution is -2.45. The highest BCUT2D eigenvalue weighted by Crippen LogP contribution is 2.26. The topological polar surface area (TPSA) is 41.6 Å². The van der Waals surface area contributed by atoms with Crippen LogP contribution < -0.4 is 5.32 Å². The van der Waals surface area contributed by atoms with Crippen LogP contribution in [0.2, 0.25) is 0 Å². The molecule has 2 aliphatic rings. The highest BCUT2D eigenvalue weighted by atomic mass is 16.5. The standard InChI is InChI=1S/C14H18N2O2/c1-16(11-6-7-18-9-11)14(17)13-8-10-4-2-3-5-12(10)15-13/h2-5,11,13,15H,6-9H2,1H3. The zero-order valence-electron chi connectivity index (χ0n) is 10.6. The van der Waals surface area contributed by atoms with Gasteiger partial charge in [0.1, 0.15) is 6.04 Å². The van der Waals surface area contributed by atoms with Crippen molar-refractivity contribution < 1.29 is 9.53 Å². The minimum absolute atomic E-state index is 0.118. The average Bonchev–Trinajstić information content (AvgIpc) is 3.05. The lowest BCUT2D eigenvalue weighted by Gasteiger charge is -2.26. The predicted octanol–water partition coefficient (Wildman–Crippen LogP) is 1.27. The van der Waals surface area contributed by atoms with Gasteiger partial charge < -0.3 is 15.0 Å². The van der Waals surface area contributed by atoms with E-state index in [2.05, 4.69) is 11.4 Å². The molecule has 0 bridgehead atoms. The maximum atomic E-state index is 12.4. The Hall–Kier alpha value is -1.55. The molecule has 1 fully saturated rings. The molecule has 0 saturated carbocycles. The Bertz CT molecular complexity index is 430. The molecule has 2 atom stereocenters. The first kappa shape index (κ1) is 11.5. The van der Waals surface area contributed by atoms with Gasteiger partial charge in [-0.25, -0.2) is 0 Å². The number of nitrogens with one attached hydrogen (secondary N) is 1. The molecule has 1 amide bonds. The Balaban J connectivity index is 1.68. The second kappa shape index (κ2) is 4.61. The number of amides is 1. The van der Waals surface area contributed by atoms with Crippen molar-refractivity contribution >= 4 is 11.6 Å². The predicted molar refractivity (Wildman–Crippen MR) is 69.6 cm³/mol. The van der Waals surface area contributed by atoms with Crippen LogP contribution in [0.1, 0.15) is 12.0 Å². The van der Waals surface area contributed by atoms with Crippen molar-refractivity contribution in [2.75, 3.05) is 25.6 Å². The normalized spacial score (nSPS) is 25.6. The van der Waals surface area contributed by atoms with Crippen LogP contribution in [0.25, 0.3) is 0 Å². The second-order valence-electron chi connectivity index (χ2n) is 5.02. The zero-order valence-corrected chi connectivity index (χ0v) is 10.6. The van der Waals surface area contributed by atoms with E-state index in [4.69, 9.17) is 4.74 Å². The number of fused-ring (bicyclic) bond motifs is 1. The number of hydrogen-bond donors (Lipinski definition) is 1. The summed E-state index contributed by atoms with van der Waals surface area (Å²) in [7, 11) is 1.88. The van der Waals surface area contributed by atoms with Crippen molar-refractivity contribution in [2.45, 2.75) is 24.9 Å². The molecule has 1 N–H and O–H groups in total. The Morgan fingerprint density at radius 1 is 1.44 bits per heavy atom. The van der Waals surface area contributed by atoms with Crippen LogP contribution in [0.4, 0.5) is 5.69 Å². The Labute approximate surface area is 107 Å². The molecule has 2 heterocycles. The molecule has 2 aliphatic heterocycles. The summed E-state index contributed by atoms with van der Waals surface area (Å²) in [6.45, 7) is 1.43. The van der Waals surface area contributed by atoms with E-state index >= 15 is 0 Å². The molecular weight excluding hydrogens is 228 g/mol. The maximum absolute atomic E-state index is 12.4. The van der Waals surface area contributed by atoms with E-state index < -0.39 is 0 Å². The molecule has 0 spiro atoms. The molecule has 1 aromatic carbocycles. The summed E-state index contributed by atoms with van der Waals surface area (Å²) in [6.07, 6.45) is 1.73. The maximum Gasteiger partial charge on any atom is 0.245 e. The van der Waals surface area contributed by atoms with Gasteiger partial charge in [-0.2, -0.15) is 0 Å². The van der Waals surface area contributed by atoms with Crippen molar-refractivity contribution in [1.82, 2.24) is 4.90 Å². The van der Waals surface area contributed by atoms with Gasteiger partial charge in [-0.15, -0.1) is 0 Å². The number of nitrogens with zero attached hydrogens (tertiary/aromatic N) is 1. The van der Waals surface area contributed by atoms with E-state index in [1.54, 1.807) is 0 Å². The van der Waals surface area contributed by atoms with Crippen molar-refractivity contribution in [3.8, 4) is 0 Å². The number of carbonyl (C=O) groups excluding carboxylic acids is 1. The van der Waals surface area contributed by atoms with Crippen LogP contribution in [0.3, 0.4) is 0 Å². The first-order valence-corrected chi connectivity index (χ1v) is 6.44. The molecule has 0 radical (unpaired) electrons. The van der Waals surface area contributed by atoms with Gasteiger partial charge in [0.05, 0.1) is 12.6 Å². The third kappa shape index (κ3) is 1.97. The number of likely N-dealkylation sites (N-methyl/N-ethyl adjacent to an activating group) is 1. The molecule has 0 aromatic heterocycles. The summed E-state index contributed by atoms with van der Waals surface area (Å²) in [6, 6.07) is 8.24. The average molecular weight is 246 g/mol. The smallest absolute Gasteiger partial charge is 0.245 e. The number of carbonyl (C=O) groups is 1. The highest BCUT2D eigenvalue weighted by molar-refractivity contribution is 5.87. The molecular formula is C14H18N2O2. The lowest BCUT2D eigenvalue weighted by molar-refractivity contribution is -0.132. The van der Waals surface area contributed by atoms with Crippen molar-refractivity contribution in [2.24, 2.45) is 0 Å². The molecule has 2 unspecified atom stereocenters. The second-order valence-corrected chi connectivity index (χ2v) is 5.02. The van der Waals surface area contributed by atoms with Crippen LogP contribution >= 0.6 is 0 Å². The van der Waals surface area contributed by atoms with Crippen LogP contribution in [-0.2, 0) is 16.0 Å². The minimum atomic E-state index is -0.118. The summed E-state index contributed by atoms with van der Waals surface area (Å²) < 4.78 is 5.34. The monoisotopic (exact) mass is 246 g/mol. The van der Waals surface area contributed by atoms with Crippen LogP contribution in [0.5, 0.6) is 0 Å². The molecule has 18 heavy (non-hydrogen) atoms. The van der Waals surface area contributed by atoms with Gasteiger partial charge in [0.25, 0.3) is 0 Å². The number of anilines is 1. The van der Waals surface area contributed by atoms with Crippen molar-refractivity contribution in [1.29, 1.82) is 0 Å². The number of benzene rings is 1. The fourth-order valence-electron chi connectivity index (χ4n) is 2.70. The number of ether oxygens (including phenoxy) is 1. The van der Waals surface area contributed by atoms with Crippen LogP contribution in [-0.4, -0.2) is 43.2 Å². The minimum Gasteiger partial charge on any atom is -0.379 e. The summed E-state index contributed by atoms with van der Waals surface area (Å²) in [5.41, 5.74) is 2.32. The van der Waals surface area contributed by atoms with E-state index in [1.807, 2.05) is 30.1 Å². The van der Waals surface area contributed by atoms with Gasteiger partial charge in [0.15, 0.2) is 0 Å². The lowest BCUT2D eigenvalue weighted by atomic mass is 10.1. The molecule has 96 valence electrons. The van der Waals surface area contributed by atoms with E-state index in [-0.39, 0.29) is 18.0 Å². The van der Waals surface area contributed by atoms with E-state index in [9.17, 15) is 4.79 Å². The number of para-hydroxylation sites is 1. The molecule has 0 aliphatic carbocycles. The summed E-state index contributed by atoms with van der Waals surface area (Å²) in [5.74, 6) is 0.168. The summed E-state index contributed by atoms with van der Waals surface area (Å²) >= 11 is 0. The largest absolute Gasteiger partial charge is 0.379 e. The Morgan fingerprint density at radius 3 is 3.00 bits per heavy atom. The third-order valence-electron chi connectivity index (χ3n) is 3.87. The molecule has 4 heteroatoms. The quantitative estimate of drug-likeness (QED) is 0.854. The van der Waals surface area contributed by atoms with Gasteiger partial charge in [-0.3, -0.25) is 4.79 Å². The molecule has 3 rings (SSSR count). The van der Waals surface area contributed by atoms with Gasteiger partial charge in [-0.1, -0.05) is 18.2 Å². The van der Waals surface area contributed by atoms with Gasteiger partial charge in [-0.05, 0) is 18.1 Å².